The van der Waals surface area contributed by atoms with Gasteiger partial charge in [-0.3, -0.25) is 0 Å². The maximum absolute atomic E-state index is 5.78. The molecule has 0 radical (unpaired) electrons. The Bertz CT molecular complexity index is 279. The van der Waals surface area contributed by atoms with Crippen molar-refractivity contribution in [2.75, 3.05) is 6.54 Å². The summed E-state index contributed by atoms with van der Waals surface area (Å²) in [5, 5.41) is 0. The Labute approximate surface area is 92.4 Å². The maximum Gasteiger partial charge on any atom is 0.119 e. The molecule has 1 aromatic carbocycles. The van der Waals surface area contributed by atoms with Gasteiger partial charge in [0, 0.05) is 0 Å². The molecule has 1 unspecified atom stereocenters. The highest BCUT2D eigenvalue weighted by Crippen LogP contribution is 2.16. The second-order valence-corrected chi connectivity index (χ2v) is 4.25. The van der Waals surface area contributed by atoms with E-state index in [1.165, 1.54) is 5.56 Å². The van der Waals surface area contributed by atoms with Crippen molar-refractivity contribution in [3.63, 3.8) is 0 Å². The second kappa shape index (κ2) is 5.76. The van der Waals surface area contributed by atoms with Gasteiger partial charge in [-0.15, -0.1) is 0 Å². The molecule has 0 saturated carbocycles. The van der Waals surface area contributed by atoms with Crippen LogP contribution < -0.4 is 10.5 Å². The number of nitrogens with two attached hydrogens (primary N) is 1. The minimum atomic E-state index is 0.255. The third-order valence-corrected chi connectivity index (χ3v) is 2.62. The minimum Gasteiger partial charge on any atom is -0.490 e. The summed E-state index contributed by atoms with van der Waals surface area (Å²) in [5.74, 6) is 1.48. The highest BCUT2D eigenvalue weighted by atomic mass is 16.5. The Morgan fingerprint density at radius 2 is 1.73 bits per heavy atom. The number of hydrogen-bond donors (Lipinski definition) is 1. The van der Waals surface area contributed by atoms with Gasteiger partial charge in [-0.25, -0.2) is 0 Å². The van der Waals surface area contributed by atoms with Gasteiger partial charge >= 0.3 is 0 Å². The van der Waals surface area contributed by atoms with Crippen LogP contribution in [0.3, 0.4) is 0 Å². The van der Waals surface area contributed by atoms with Crippen LogP contribution in [0.5, 0.6) is 5.75 Å². The zero-order chi connectivity index (χ0) is 11.3. The first-order valence-corrected chi connectivity index (χ1v) is 5.59. The fourth-order valence-electron chi connectivity index (χ4n) is 1.25. The van der Waals surface area contributed by atoms with E-state index in [-0.39, 0.29) is 6.10 Å². The van der Waals surface area contributed by atoms with Crippen LogP contribution >= 0.6 is 0 Å². The summed E-state index contributed by atoms with van der Waals surface area (Å²) in [6.07, 6.45) is 1.19. The van der Waals surface area contributed by atoms with Gasteiger partial charge in [0.2, 0.25) is 0 Å². The number of ether oxygens (including phenoxy) is 1. The average Bonchev–Trinajstić information content (AvgIpc) is 2.21. The SMILES string of the molecule is CC(C)C(C)Oc1ccc(CCN)cc1. The summed E-state index contributed by atoms with van der Waals surface area (Å²) in [5.41, 5.74) is 6.75. The van der Waals surface area contributed by atoms with Crippen LogP contribution in [0.1, 0.15) is 26.3 Å². The molecule has 0 aliphatic rings. The van der Waals surface area contributed by atoms with Gasteiger partial charge < -0.3 is 10.5 Å². The second-order valence-electron chi connectivity index (χ2n) is 4.25. The Kier molecular flexibility index (Phi) is 4.63. The van der Waals surface area contributed by atoms with Gasteiger partial charge in [0.25, 0.3) is 0 Å². The molecule has 1 rings (SSSR count). The van der Waals surface area contributed by atoms with Crippen molar-refractivity contribution >= 4 is 0 Å². The first-order chi connectivity index (χ1) is 7.13. The number of rotatable bonds is 5. The molecule has 0 aliphatic carbocycles. The van der Waals surface area contributed by atoms with E-state index in [0.717, 1.165) is 12.2 Å². The predicted molar refractivity (Wildman–Crippen MR) is 64.1 cm³/mol. The molecule has 1 aromatic rings. The largest absolute Gasteiger partial charge is 0.490 e. The van der Waals surface area contributed by atoms with Crippen LogP contribution in [-0.4, -0.2) is 12.6 Å². The Hall–Kier alpha value is -1.02. The van der Waals surface area contributed by atoms with E-state index >= 15 is 0 Å². The van der Waals surface area contributed by atoms with Gasteiger partial charge in [0.05, 0.1) is 6.10 Å². The molecule has 15 heavy (non-hydrogen) atoms. The quantitative estimate of drug-likeness (QED) is 0.805. The average molecular weight is 207 g/mol. The van der Waals surface area contributed by atoms with Crippen LogP contribution in [0.2, 0.25) is 0 Å². The lowest BCUT2D eigenvalue weighted by Crippen LogP contribution is -2.18. The van der Waals surface area contributed by atoms with E-state index in [4.69, 9.17) is 10.5 Å². The molecule has 1 atom stereocenters. The lowest BCUT2D eigenvalue weighted by atomic mass is 10.1. The molecule has 0 aliphatic heterocycles. The molecule has 2 nitrogen and oxygen atoms in total. The summed E-state index contributed by atoms with van der Waals surface area (Å²) in [7, 11) is 0. The topological polar surface area (TPSA) is 35.2 Å². The predicted octanol–water partition coefficient (Wildman–Crippen LogP) is 2.61. The minimum absolute atomic E-state index is 0.255. The molecule has 0 heterocycles. The highest BCUT2D eigenvalue weighted by molar-refractivity contribution is 5.27. The van der Waals surface area contributed by atoms with Gasteiger partial charge in [0.1, 0.15) is 5.75 Å². The van der Waals surface area contributed by atoms with Crippen molar-refractivity contribution in [3.8, 4) is 5.75 Å². The molecule has 0 aromatic heterocycles. The lowest BCUT2D eigenvalue weighted by molar-refractivity contribution is 0.170. The maximum atomic E-state index is 5.78. The smallest absolute Gasteiger partial charge is 0.119 e. The molecule has 0 amide bonds. The van der Waals surface area contributed by atoms with Crippen molar-refractivity contribution in [2.24, 2.45) is 11.7 Å². The monoisotopic (exact) mass is 207 g/mol. The Morgan fingerprint density at radius 3 is 2.20 bits per heavy atom. The van der Waals surface area contributed by atoms with E-state index in [2.05, 4.69) is 32.9 Å². The van der Waals surface area contributed by atoms with Gasteiger partial charge in [-0.1, -0.05) is 26.0 Å². The van der Waals surface area contributed by atoms with E-state index in [1.807, 2.05) is 12.1 Å². The normalized spacial score (nSPS) is 12.9. The van der Waals surface area contributed by atoms with Crippen LogP contribution in [-0.2, 0) is 6.42 Å². The molecule has 2 heteroatoms. The van der Waals surface area contributed by atoms with Crippen LogP contribution in [0.25, 0.3) is 0 Å². The zero-order valence-electron chi connectivity index (χ0n) is 9.86. The first kappa shape index (κ1) is 12.1. The summed E-state index contributed by atoms with van der Waals surface area (Å²) >= 11 is 0. The highest BCUT2D eigenvalue weighted by Gasteiger charge is 2.08. The van der Waals surface area contributed by atoms with Crippen molar-refractivity contribution < 1.29 is 4.74 Å². The standard InChI is InChI=1S/C13H21NO/c1-10(2)11(3)15-13-6-4-12(5-7-13)8-9-14/h4-7,10-11H,8-9,14H2,1-3H3. The van der Waals surface area contributed by atoms with Gasteiger partial charge in [-0.2, -0.15) is 0 Å². The van der Waals surface area contributed by atoms with E-state index in [1.54, 1.807) is 0 Å². The summed E-state index contributed by atoms with van der Waals surface area (Å²) < 4.78 is 5.78. The summed E-state index contributed by atoms with van der Waals surface area (Å²) in [4.78, 5) is 0. The number of benzene rings is 1. The van der Waals surface area contributed by atoms with Crippen molar-refractivity contribution in [1.82, 2.24) is 0 Å². The molecule has 0 fully saturated rings. The summed E-state index contributed by atoms with van der Waals surface area (Å²) in [6.45, 7) is 7.11. The molecule has 2 N–H and O–H groups in total. The van der Waals surface area contributed by atoms with Crippen LogP contribution in [0, 0.1) is 5.92 Å². The molecular formula is C13H21NO. The fraction of sp³-hybridized carbons (Fsp3) is 0.538. The fourth-order valence-corrected chi connectivity index (χ4v) is 1.25. The van der Waals surface area contributed by atoms with E-state index in [9.17, 15) is 0 Å². The summed E-state index contributed by atoms with van der Waals surface area (Å²) in [6, 6.07) is 8.19. The van der Waals surface area contributed by atoms with Crippen LogP contribution in [0.4, 0.5) is 0 Å². The van der Waals surface area contributed by atoms with Crippen molar-refractivity contribution in [3.05, 3.63) is 29.8 Å². The third-order valence-electron chi connectivity index (χ3n) is 2.62. The van der Waals surface area contributed by atoms with Crippen molar-refractivity contribution in [2.45, 2.75) is 33.3 Å². The van der Waals surface area contributed by atoms with E-state index < -0.39 is 0 Å². The molecule has 0 spiro atoms. The van der Waals surface area contributed by atoms with Gasteiger partial charge in [0.15, 0.2) is 0 Å². The Balaban J connectivity index is 2.56. The molecule has 84 valence electrons. The third kappa shape index (κ3) is 3.92. The Morgan fingerprint density at radius 1 is 1.13 bits per heavy atom. The van der Waals surface area contributed by atoms with Gasteiger partial charge in [-0.05, 0) is 43.5 Å². The lowest BCUT2D eigenvalue weighted by Gasteiger charge is -2.18. The van der Waals surface area contributed by atoms with Crippen LogP contribution in [0.15, 0.2) is 24.3 Å². The first-order valence-electron chi connectivity index (χ1n) is 5.59. The molecular weight excluding hydrogens is 186 g/mol. The zero-order valence-corrected chi connectivity index (χ0v) is 9.86. The molecule has 0 bridgehead atoms. The van der Waals surface area contributed by atoms with E-state index in [0.29, 0.717) is 12.5 Å². The molecule has 0 saturated heterocycles. The van der Waals surface area contributed by atoms with Crippen molar-refractivity contribution in [1.29, 1.82) is 0 Å². The number of hydrogen-bond acceptors (Lipinski definition) is 2.